The van der Waals surface area contributed by atoms with Crippen molar-refractivity contribution in [3.8, 4) is 5.75 Å². The molecule has 0 unspecified atom stereocenters. The van der Waals surface area contributed by atoms with Crippen LogP contribution in [-0.2, 0) is 6.42 Å². The van der Waals surface area contributed by atoms with Crippen LogP contribution in [0.5, 0.6) is 5.75 Å². The molecule has 0 spiro atoms. The fourth-order valence-corrected chi connectivity index (χ4v) is 2.16. The standard InChI is InChI=1S/C18H22N2O2.ClH/c1-3-4-5-6-14-7-12-17(19-13-14)18(21)20-15-8-10-16(22-2)11-9-15;/h7-13H,3-6H2,1-2H3,(H,20,21);1H. The summed E-state index contributed by atoms with van der Waals surface area (Å²) in [5, 5.41) is 2.82. The van der Waals surface area contributed by atoms with Gasteiger partial charge in [0.25, 0.3) is 5.91 Å². The molecular weight excluding hydrogens is 312 g/mol. The number of halogens is 1. The van der Waals surface area contributed by atoms with Gasteiger partial charge in [-0.2, -0.15) is 0 Å². The molecule has 0 atom stereocenters. The van der Waals surface area contributed by atoms with Gasteiger partial charge in [0.15, 0.2) is 0 Å². The monoisotopic (exact) mass is 334 g/mol. The Bertz CT molecular complexity index is 597. The molecule has 1 heterocycles. The lowest BCUT2D eigenvalue weighted by Crippen LogP contribution is -2.13. The van der Waals surface area contributed by atoms with E-state index in [0.717, 1.165) is 24.3 Å². The van der Waals surface area contributed by atoms with Crippen LogP contribution in [-0.4, -0.2) is 18.0 Å². The van der Waals surface area contributed by atoms with Crippen LogP contribution in [0, 0.1) is 0 Å². The molecule has 0 bridgehead atoms. The number of hydrogen-bond donors (Lipinski definition) is 1. The lowest BCUT2D eigenvalue weighted by Gasteiger charge is -2.06. The molecule has 1 aromatic carbocycles. The number of hydrogen-bond acceptors (Lipinski definition) is 3. The van der Waals surface area contributed by atoms with Crippen molar-refractivity contribution in [3.05, 3.63) is 53.9 Å². The van der Waals surface area contributed by atoms with Crippen molar-refractivity contribution in [2.75, 3.05) is 12.4 Å². The lowest BCUT2D eigenvalue weighted by atomic mass is 10.1. The van der Waals surface area contributed by atoms with E-state index in [1.807, 2.05) is 6.07 Å². The number of carbonyl (C=O) groups is 1. The maximum atomic E-state index is 12.1. The molecule has 0 saturated heterocycles. The molecule has 5 heteroatoms. The van der Waals surface area contributed by atoms with Gasteiger partial charge in [-0.15, -0.1) is 12.4 Å². The number of nitrogens with one attached hydrogen (secondary N) is 1. The average Bonchev–Trinajstić information content (AvgIpc) is 2.56. The average molecular weight is 335 g/mol. The largest absolute Gasteiger partial charge is 0.497 e. The summed E-state index contributed by atoms with van der Waals surface area (Å²) < 4.78 is 5.09. The maximum Gasteiger partial charge on any atom is 0.274 e. The van der Waals surface area contributed by atoms with Gasteiger partial charge in [-0.3, -0.25) is 9.78 Å². The van der Waals surface area contributed by atoms with E-state index >= 15 is 0 Å². The van der Waals surface area contributed by atoms with Crippen molar-refractivity contribution in [2.24, 2.45) is 0 Å². The van der Waals surface area contributed by atoms with Crippen molar-refractivity contribution in [2.45, 2.75) is 32.6 Å². The first-order valence-electron chi connectivity index (χ1n) is 7.63. The second kappa shape index (κ2) is 9.85. The number of pyridine rings is 1. The number of ether oxygens (including phenoxy) is 1. The Labute approximate surface area is 143 Å². The highest BCUT2D eigenvalue weighted by Gasteiger charge is 2.07. The van der Waals surface area contributed by atoms with E-state index in [1.165, 1.54) is 18.4 Å². The summed E-state index contributed by atoms with van der Waals surface area (Å²) >= 11 is 0. The Hall–Kier alpha value is -2.07. The zero-order chi connectivity index (χ0) is 15.8. The van der Waals surface area contributed by atoms with E-state index < -0.39 is 0 Å². The number of carbonyl (C=O) groups excluding carboxylic acids is 1. The molecule has 0 fully saturated rings. The predicted octanol–water partition coefficient (Wildman–Crippen LogP) is 4.50. The molecule has 2 rings (SSSR count). The summed E-state index contributed by atoms with van der Waals surface area (Å²) in [6.45, 7) is 2.19. The molecule has 0 radical (unpaired) electrons. The molecule has 0 aliphatic carbocycles. The molecular formula is C18H23ClN2O2. The summed E-state index contributed by atoms with van der Waals surface area (Å²) in [5.74, 6) is 0.554. The third kappa shape index (κ3) is 5.91. The second-order valence-electron chi connectivity index (χ2n) is 5.19. The summed E-state index contributed by atoms with van der Waals surface area (Å²) in [6.07, 6.45) is 6.39. The van der Waals surface area contributed by atoms with Gasteiger partial charge >= 0.3 is 0 Å². The number of amides is 1. The van der Waals surface area contributed by atoms with Gasteiger partial charge in [0, 0.05) is 11.9 Å². The first kappa shape index (κ1) is 19.0. The first-order chi connectivity index (χ1) is 10.7. The smallest absolute Gasteiger partial charge is 0.274 e. The zero-order valence-corrected chi connectivity index (χ0v) is 14.4. The van der Waals surface area contributed by atoms with Crippen molar-refractivity contribution in [3.63, 3.8) is 0 Å². The summed E-state index contributed by atoms with van der Waals surface area (Å²) in [4.78, 5) is 16.4. The van der Waals surface area contributed by atoms with E-state index in [-0.39, 0.29) is 18.3 Å². The molecule has 23 heavy (non-hydrogen) atoms. The number of anilines is 1. The molecule has 0 aliphatic heterocycles. The topological polar surface area (TPSA) is 51.2 Å². The Kier molecular flexibility index (Phi) is 8.13. The van der Waals surface area contributed by atoms with Crippen LogP contribution < -0.4 is 10.1 Å². The summed E-state index contributed by atoms with van der Waals surface area (Å²) in [7, 11) is 1.61. The third-order valence-electron chi connectivity index (χ3n) is 3.47. The minimum absolute atomic E-state index is 0. The number of benzene rings is 1. The van der Waals surface area contributed by atoms with Gasteiger partial charge in [-0.25, -0.2) is 0 Å². The first-order valence-corrected chi connectivity index (χ1v) is 7.63. The zero-order valence-electron chi connectivity index (χ0n) is 13.5. The molecule has 2 aromatic rings. The molecule has 0 aliphatic rings. The molecule has 1 N–H and O–H groups in total. The van der Waals surface area contributed by atoms with Crippen LogP contribution in [0.3, 0.4) is 0 Å². The van der Waals surface area contributed by atoms with E-state index in [4.69, 9.17) is 4.74 Å². The number of methoxy groups -OCH3 is 1. The fraction of sp³-hybridized carbons (Fsp3) is 0.333. The fourth-order valence-electron chi connectivity index (χ4n) is 2.16. The van der Waals surface area contributed by atoms with Gasteiger partial charge < -0.3 is 10.1 Å². The minimum atomic E-state index is -0.203. The predicted molar refractivity (Wildman–Crippen MR) is 95.7 cm³/mol. The molecule has 4 nitrogen and oxygen atoms in total. The maximum absolute atomic E-state index is 12.1. The SMILES string of the molecule is CCCCCc1ccc(C(=O)Nc2ccc(OC)cc2)nc1.Cl. The van der Waals surface area contributed by atoms with Crippen molar-refractivity contribution < 1.29 is 9.53 Å². The normalized spacial score (nSPS) is 9.83. The van der Waals surface area contributed by atoms with Crippen LogP contribution in [0.25, 0.3) is 0 Å². The van der Waals surface area contributed by atoms with Gasteiger partial charge in [0.2, 0.25) is 0 Å². The molecule has 0 saturated carbocycles. The van der Waals surface area contributed by atoms with Gasteiger partial charge in [-0.05, 0) is 48.7 Å². The number of unbranched alkanes of at least 4 members (excludes halogenated alkanes) is 2. The quantitative estimate of drug-likeness (QED) is 0.758. The van der Waals surface area contributed by atoms with Crippen LogP contribution in [0.1, 0.15) is 42.2 Å². The number of nitrogens with zero attached hydrogens (tertiary/aromatic N) is 1. The van der Waals surface area contributed by atoms with Gasteiger partial charge in [0.05, 0.1) is 7.11 Å². The highest BCUT2D eigenvalue weighted by atomic mass is 35.5. The lowest BCUT2D eigenvalue weighted by molar-refractivity contribution is 0.102. The van der Waals surface area contributed by atoms with Crippen LogP contribution >= 0.6 is 12.4 Å². The van der Waals surface area contributed by atoms with Gasteiger partial charge in [-0.1, -0.05) is 25.8 Å². The second-order valence-corrected chi connectivity index (χ2v) is 5.19. The van der Waals surface area contributed by atoms with Crippen LogP contribution in [0.15, 0.2) is 42.6 Å². The van der Waals surface area contributed by atoms with E-state index in [0.29, 0.717) is 5.69 Å². The third-order valence-corrected chi connectivity index (χ3v) is 3.47. The molecule has 1 aromatic heterocycles. The van der Waals surface area contributed by atoms with Crippen molar-refractivity contribution >= 4 is 24.0 Å². The molecule has 1 amide bonds. The Morgan fingerprint density at radius 1 is 1.13 bits per heavy atom. The van der Waals surface area contributed by atoms with Gasteiger partial charge in [0.1, 0.15) is 11.4 Å². The summed E-state index contributed by atoms with van der Waals surface area (Å²) in [6, 6.07) is 11.0. The number of aromatic nitrogens is 1. The Morgan fingerprint density at radius 3 is 2.43 bits per heavy atom. The van der Waals surface area contributed by atoms with Crippen LogP contribution in [0.4, 0.5) is 5.69 Å². The van der Waals surface area contributed by atoms with E-state index in [2.05, 4.69) is 17.2 Å². The Morgan fingerprint density at radius 2 is 1.87 bits per heavy atom. The minimum Gasteiger partial charge on any atom is -0.497 e. The molecule has 124 valence electrons. The number of aryl methyl sites for hydroxylation is 1. The highest BCUT2D eigenvalue weighted by Crippen LogP contribution is 2.15. The van der Waals surface area contributed by atoms with Crippen molar-refractivity contribution in [1.29, 1.82) is 0 Å². The van der Waals surface area contributed by atoms with E-state index in [1.54, 1.807) is 43.6 Å². The highest BCUT2D eigenvalue weighted by molar-refractivity contribution is 6.02. The number of rotatable bonds is 7. The summed E-state index contributed by atoms with van der Waals surface area (Å²) in [5.41, 5.74) is 2.32. The van der Waals surface area contributed by atoms with E-state index in [9.17, 15) is 4.79 Å². The Balaban J connectivity index is 0.00000264. The van der Waals surface area contributed by atoms with Crippen LogP contribution in [0.2, 0.25) is 0 Å². The van der Waals surface area contributed by atoms with Crippen molar-refractivity contribution in [1.82, 2.24) is 4.98 Å².